The third kappa shape index (κ3) is 3.83. The monoisotopic (exact) mass is 224 g/mol. The standard InChI is InChI=1S/C11H16N2OS/c1-9(15(2)14)8-13-11(12)10-6-4-3-5-7-10/h3-7,9H,8H2,1-2H3,(H2,12,13). The highest BCUT2D eigenvalue weighted by Gasteiger charge is 2.05. The summed E-state index contributed by atoms with van der Waals surface area (Å²) in [6.45, 7) is 2.40. The lowest BCUT2D eigenvalue weighted by molar-refractivity contribution is 0.677. The van der Waals surface area contributed by atoms with Crippen LogP contribution in [0.1, 0.15) is 12.5 Å². The van der Waals surface area contributed by atoms with E-state index in [1.807, 2.05) is 37.3 Å². The highest BCUT2D eigenvalue weighted by molar-refractivity contribution is 7.84. The molecule has 0 saturated carbocycles. The quantitative estimate of drug-likeness (QED) is 0.616. The Kier molecular flexibility index (Phi) is 4.49. The van der Waals surface area contributed by atoms with E-state index in [0.717, 1.165) is 5.56 Å². The van der Waals surface area contributed by atoms with Crippen molar-refractivity contribution < 1.29 is 4.21 Å². The maximum atomic E-state index is 11.1. The molecule has 82 valence electrons. The van der Waals surface area contributed by atoms with Gasteiger partial charge in [-0.2, -0.15) is 0 Å². The maximum Gasteiger partial charge on any atom is 0.125 e. The van der Waals surface area contributed by atoms with Crippen LogP contribution in [0, 0.1) is 0 Å². The summed E-state index contributed by atoms with van der Waals surface area (Å²) in [4.78, 5) is 4.22. The normalized spacial score (nSPS) is 16.0. The second kappa shape index (κ2) is 5.66. The van der Waals surface area contributed by atoms with Gasteiger partial charge in [0.25, 0.3) is 0 Å². The van der Waals surface area contributed by atoms with Gasteiger partial charge in [-0.05, 0) is 6.92 Å². The van der Waals surface area contributed by atoms with Crippen LogP contribution in [0.5, 0.6) is 0 Å². The van der Waals surface area contributed by atoms with E-state index < -0.39 is 10.8 Å². The van der Waals surface area contributed by atoms with Crippen LogP contribution < -0.4 is 5.73 Å². The molecule has 2 N–H and O–H groups in total. The van der Waals surface area contributed by atoms with Gasteiger partial charge in [0.2, 0.25) is 0 Å². The molecule has 0 saturated heterocycles. The molecule has 0 radical (unpaired) electrons. The van der Waals surface area contributed by atoms with Crippen molar-refractivity contribution in [3.63, 3.8) is 0 Å². The molecule has 0 aromatic heterocycles. The molecular weight excluding hydrogens is 208 g/mol. The Morgan fingerprint density at radius 3 is 2.60 bits per heavy atom. The van der Waals surface area contributed by atoms with Gasteiger partial charge in [-0.3, -0.25) is 9.20 Å². The van der Waals surface area contributed by atoms with Gasteiger partial charge in [0.15, 0.2) is 0 Å². The molecule has 0 amide bonds. The van der Waals surface area contributed by atoms with Gasteiger partial charge in [-0.1, -0.05) is 30.3 Å². The fraction of sp³-hybridized carbons (Fsp3) is 0.364. The Bertz CT molecular complexity index is 362. The average Bonchev–Trinajstić information content (AvgIpc) is 2.26. The summed E-state index contributed by atoms with van der Waals surface area (Å²) in [5, 5.41) is 0.0484. The molecule has 1 aromatic carbocycles. The minimum Gasteiger partial charge on any atom is -0.384 e. The lowest BCUT2D eigenvalue weighted by Gasteiger charge is -2.05. The molecule has 3 nitrogen and oxygen atoms in total. The Labute approximate surface area is 92.9 Å². The van der Waals surface area contributed by atoms with Crippen LogP contribution in [0.25, 0.3) is 0 Å². The molecule has 0 bridgehead atoms. The van der Waals surface area contributed by atoms with Gasteiger partial charge >= 0.3 is 0 Å². The van der Waals surface area contributed by atoms with Crippen LogP contribution in [0.4, 0.5) is 0 Å². The third-order valence-electron chi connectivity index (χ3n) is 2.15. The predicted molar refractivity (Wildman–Crippen MR) is 65.6 cm³/mol. The second-order valence-electron chi connectivity index (χ2n) is 3.40. The van der Waals surface area contributed by atoms with Gasteiger partial charge in [-0.15, -0.1) is 0 Å². The summed E-state index contributed by atoms with van der Waals surface area (Å²) >= 11 is 0. The van der Waals surface area contributed by atoms with Crippen LogP contribution in [0.15, 0.2) is 35.3 Å². The Morgan fingerprint density at radius 2 is 2.07 bits per heavy atom. The molecule has 0 aliphatic rings. The minimum absolute atomic E-state index is 0.0484. The number of rotatable bonds is 4. The van der Waals surface area contributed by atoms with Gasteiger partial charge in [0, 0.05) is 22.6 Å². The zero-order valence-corrected chi connectivity index (χ0v) is 9.83. The molecule has 0 aliphatic heterocycles. The predicted octanol–water partition coefficient (Wildman–Crippen LogP) is 1.16. The highest BCUT2D eigenvalue weighted by Crippen LogP contribution is 1.99. The van der Waals surface area contributed by atoms with E-state index in [-0.39, 0.29) is 5.25 Å². The average molecular weight is 224 g/mol. The number of benzene rings is 1. The number of nitrogens with zero attached hydrogens (tertiary/aromatic N) is 1. The van der Waals surface area contributed by atoms with E-state index in [9.17, 15) is 4.21 Å². The minimum atomic E-state index is -0.846. The molecular formula is C11H16N2OS. The summed E-state index contributed by atoms with van der Waals surface area (Å²) in [6.07, 6.45) is 1.68. The Balaban J connectivity index is 2.65. The summed E-state index contributed by atoms with van der Waals surface area (Å²) in [7, 11) is -0.846. The van der Waals surface area contributed by atoms with Crippen molar-refractivity contribution in [2.45, 2.75) is 12.2 Å². The van der Waals surface area contributed by atoms with Crippen LogP contribution in [0.3, 0.4) is 0 Å². The summed E-state index contributed by atoms with van der Waals surface area (Å²) in [5.41, 5.74) is 6.70. The zero-order valence-electron chi connectivity index (χ0n) is 9.01. The van der Waals surface area contributed by atoms with Crippen molar-refractivity contribution in [3.8, 4) is 0 Å². The molecule has 15 heavy (non-hydrogen) atoms. The van der Waals surface area contributed by atoms with Crippen molar-refractivity contribution in [2.24, 2.45) is 10.7 Å². The molecule has 1 aromatic rings. The van der Waals surface area contributed by atoms with Gasteiger partial charge in [0.1, 0.15) is 5.84 Å². The third-order valence-corrected chi connectivity index (χ3v) is 3.44. The fourth-order valence-electron chi connectivity index (χ4n) is 1.03. The summed E-state index contributed by atoms with van der Waals surface area (Å²) in [6, 6.07) is 9.58. The van der Waals surface area contributed by atoms with Gasteiger partial charge < -0.3 is 5.73 Å². The van der Waals surface area contributed by atoms with Gasteiger partial charge in [-0.25, -0.2) is 0 Å². The van der Waals surface area contributed by atoms with Crippen LogP contribution >= 0.6 is 0 Å². The molecule has 1 rings (SSSR count). The van der Waals surface area contributed by atoms with Crippen molar-refractivity contribution in [1.29, 1.82) is 0 Å². The molecule has 2 unspecified atom stereocenters. The Hall–Kier alpha value is -1.16. The largest absolute Gasteiger partial charge is 0.384 e. The topological polar surface area (TPSA) is 55.4 Å². The lowest BCUT2D eigenvalue weighted by Crippen LogP contribution is -2.19. The van der Waals surface area contributed by atoms with E-state index in [1.165, 1.54) is 0 Å². The molecule has 0 spiro atoms. The molecule has 4 heteroatoms. The van der Waals surface area contributed by atoms with Crippen LogP contribution in [-0.2, 0) is 10.8 Å². The second-order valence-corrected chi connectivity index (χ2v) is 5.20. The smallest absolute Gasteiger partial charge is 0.125 e. The molecule has 0 fully saturated rings. The van der Waals surface area contributed by atoms with E-state index in [0.29, 0.717) is 12.4 Å². The van der Waals surface area contributed by atoms with Crippen molar-refractivity contribution in [3.05, 3.63) is 35.9 Å². The fourth-order valence-corrected chi connectivity index (χ4v) is 1.32. The number of hydrogen-bond donors (Lipinski definition) is 1. The van der Waals surface area contributed by atoms with Crippen LogP contribution in [-0.4, -0.2) is 28.1 Å². The van der Waals surface area contributed by atoms with E-state index in [1.54, 1.807) is 6.26 Å². The van der Waals surface area contributed by atoms with Crippen molar-refractivity contribution >= 4 is 16.6 Å². The van der Waals surface area contributed by atoms with E-state index in [4.69, 9.17) is 5.73 Å². The van der Waals surface area contributed by atoms with Crippen molar-refractivity contribution in [2.75, 3.05) is 12.8 Å². The highest BCUT2D eigenvalue weighted by atomic mass is 32.2. The Morgan fingerprint density at radius 1 is 1.47 bits per heavy atom. The number of amidine groups is 1. The first-order valence-corrected chi connectivity index (χ1v) is 6.41. The first-order chi connectivity index (χ1) is 7.11. The lowest BCUT2D eigenvalue weighted by atomic mass is 10.2. The summed E-state index contributed by atoms with van der Waals surface area (Å²) < 4.78 is 11.1. The number of nitrogens with two attached hydrogens (primary N) is 1. The van der Waals surface area contributed by atoms with Crippen molar-refractivity contribution in [1.82, 2.24) is 0 Å². The van der Waals surface area contributed by atoms with Crippen LogP contribution in [0.2, 0.25) is 0 Å². The zero-order chi connectivity index (χ0) is 11.3. The molecule has 0 aliphatic carbocycles. The summed E-state index contributed by atoms with van der Waals surface area (Å²) in [5.74, 6) is 0.507. The van der Waals surface area contributed by atoms with E-state index in [2.05, 4.69) is 4.99 Å². The first kappa shape index (κ1) is 11.9. The number of hydrogen-bond acceptors (Lipinski definition) is 2. The van der Waals surface area contributed by atoms with Gasteiger partial charge in [0.05, 0.1) is 11.8 Å². The molecule has 0 heterocycles. The SMILES string of the molecule is CC(CN=C(N)c1ccccc1)S(C)=O. The van der Waals surface area contributed by atoms with E-state index >= 15 is 0 Å². The first-order valence-electron chi connectivity index (χ1n) is 4.79. The number of aliphatic imine (C=N–C) groups is 1. The molecule has 2 atom stereocenters. The maximum absolute atomic E-state index is 11.1.